The number of ether oxygens (including phenoxy) is 1. The fourth-order valence-electron chi connectivity index (χ4n) is 5.37. The number of carbonyl (C=O) groups excluding carboxylic acids is 3. The summed E-state index contributed by atoms with van der Waals surface area (Å²) in [6, 6.07) is 11.5. The van der Waals surface area contributed by atoms with E-state index >= 15 is 0 Å². The number of benzene rings is 1. The molecule has 10 heteroatoms. The van der Waals surface area contributed by atoms with Crippen LogP contribution in [0.5, 0.6) is 0 Å². The molecular formula is C27H33N5O4S. The van der Waals surface area contributed by atoms with Gasteiger partial charge in [-0.05, 0) is 69.7 Å². The van der Waals surface area contributed by atoms with Crippen molar-refractivity contribution in [2.24, 2.45) is 11.8 Å². The Kier molecular flexibility index (Phi) is 6.70. The number of amides is 3. The van der Waals surface area contributed by atoms with Gasteiger partial charge in [-0.25, -0.2) is 9.78 Å². The number of hydrogen-bond acceptors (Lipinski definition) is 6. The van der Waals surface area contributed by atoms with E-state index in [1.54, 1.807) is 19.1 Å². The molecule has 2 fully saturated rings. The molecule has 1 saturated heterocycles. The van der Waals surface area contributed by atoms with E-state index in [-0.39, 0.29) is 23.9 Å². The van der Waals surface area contributed by atoms with Crippen LogP contribution in [0.25, 0.3) is 11.0 Å². The normalized spacial score (nSPS) is 21.2. The molecule has 37 heavy (non-hydrogen) atoms. The Balaban J connectivity index is 1.33. The standard InChI is InChI=1S/C27H33N5O4S/c1-5-22(33)29-23-11-10-21(37-23)24(34)30-25-28-19-8-6-7-9-20(19)32(25)18-12-16-14-31(15-17(16)13-18)26(35)36-27(2,3)4/h6-11,16-18H,5,12-15H2,1-4H3,(H,29,33)(H,28,30,34). The molecule has 0 bridgehead atoms. The van der Waals surface area contributed by atoms with Crippen molar-refractivity contribution < 1.29 is 19.1 Å². The number of para-hydroxylation sites is 2. The van der Waals surface area contributed by atoms with E-state index in [1.165, 1.54) is 11.3 Å². The van der Waals surface area contributed by atoms with Crippen LogP contribution in [0.3, 0.4) is 0 Å². The number of hydrogen-bond donors (Lipinski definition) is 2. The van der Waals surface area contributed by atoms with Gasteiger partial charge in [0.15, 0.2) is 0 Å². The monoisotopic (exact) mass is 523 g/mol. The van der Waals surface area contributed by atoms with E-state index in [2.05, 4.69) is 15.2 Å². The maximum Gasteiger partial charge on any atom is 0.410 e. The Morgan fingerprint density at radius 3 is 2.43 bits per heavy atom. The Morgan fingerprint density at radius 1 is 1.05 bits per heavy atom. The molecule has 9 nitrogen and oxygen atoms in total. The Labute approximate surface area is 220 Å². The van der Waals surface area contributed by atoms with Crippen LogP contribution in [0, 0.1) is 11.8 Å². The molecule has 1 aliphatic heterocycles. The predicted octanol–water partition coefficient (Wildman–Crippen LogP) is 5.52. The van der Waals surface area contributed by atoms with E-state index in [9.17, 15) is 14.4 Å². The minimum atomic E-state index is -0.509. The molecule has 2 unspecified atom stereocenters. The summed E-state index contributed by atoms with van der Waals surface area (Å²) in [5.74, 6) is 0.932. The van der Waals surface area contributed by atoms with Crippen molar-refractivity contribution in [2.75, 3.05) is 23.7 Å². The molecule has 2 aromatic heterocycles. The van der Waals surface area contributed by atoms with E-state index in [1.807, 2.05) is 49.9 Å². The molecule has 0 spiro atoms. The van der Waals surface area contributed by atoms with E-state index in [0.717, 1.165) is 23.9 Å². The van der Waals surface area contributed by atoms with Gasteiger partial charge in [-0.1, -0.05) is 19.1 Å². The van der Waals surface area contributed by atoms with E-state index in [0.29, 0.717) is 47.2 Å². The molecule has 5 rings (SSSR count). The molecule has 2 atom stereocenters. The van der Waals surface area contributed by atoms with Crippen LogP contribution in [0.1, 0.15) is 62.7 Å². The van der Waals surface area contributed by atoms with Crippen LogP contribution in [-0.4, -0.2) is 51.0 Å². The minimum absolute atomic E-state index is 0.0902. The average Bonchev–Trinajstić information content (AvgIpc) is 3.59. The molecule has 0 radical (unpaired) electrons. The average molecular weight is 524 g/mol. The van der Waals surface area contributed by atoms with Gasteiger partial charge in [0.25, 0.3) is 5.91 Å². The van der Waals surface area contributed by atoms with Gasteiger partial charge < -0.3 is 19.5 Å². The number of nitrogens with one attached hydrogen (secondary N) is 2. The molecule has 2 aliphatic rings. The molecule has 196 valence electrons. The topological polar surface area (TPSA) is 106 Å². The molecule has 3 aromatic rings. The maximum atomic E-state index is 13.1. The first-order valence-corrected chi connectivity index (χ1v) is 13.6. The molecule has 3 amide bonds. The predicted molar refractivity (Wildman–Crippen MR) is 144 cm³/mol. The summed E-state index contributed by atoms with van der Waals surface area (Å²) in [5, 5.41) is 6.46. The van der Waals surface area contributed by atoms with Crippen molar-refractivity contribution in [3.63, 3.8) is 0 Å². The smallest absolute Gasteiger partial charge is 0.410 e. The van der Waals surface area contributed by atoms with Gasteiger partial charge >= 0.3 is 6.09 Å². The zero-order valence-electron chi connectivity index (χ0n) is 21.6. The van der Waals surface area contributed by atoms with Crippen molar-refractivity contribution in [1.29, 1.82) is 0 Å². The molecule has 2 N–H and O–H groups in total. The van der Waals surface area contributed by atoms with Gasteiger partial charge in [0.05, 0.1) is 20.9 Å². The second kappa shape index (κ2) is 9.81. The SMILES string of the molecule is CCC(=O)Nc1ccc(C(=O)Nc2nc3ccccc3n2C2CC3CN(C(=O)OC(C)(C)C)CC3C2)s1. The van der Waals surface area contributed by atoms with Gasteiger partial charge in [-0.2, -0.15) is 0 Å². The van der Waals surface area contributed by atoms with Gasteiger partial charge in [0.1, 0.15) is 5.60 Å². The number of aromatic nitrogens is 2. The Hall–Kier alpha value is -3.40. The zero-order valence-corrected chi connectivity index (χ0v) is 22.4. The number of carbonyl (C=O) groups is 3. The Bertz CT molecular complexity index is 1330. The third kappa shape index (κ3) is 5.34. The summed E-state index contributed by atoms with van der Waals surface area (Å²) in [4.78, 5) is 44.5. The van der Waals surface area contributed by atoms with Crippen LogP contribution in [-0.2, 0) is 9.53 Å². The quantitative estimate of drug-likeness (QED) is 0.458. The first kappa shape index (κ1) is 25.3. The van der Waals surface area contributed by atoms with Crippen molar-refractivity contribution in [3.05, 3.63) is 41.3 Å². The fraction of sp³-hybridized carbons (Fsp3) is 0.481. The second-order valence-corrected chi connectivity index (χ2v) is 11.9. The lowest BCUT2D eigenvalue weighted by Crippen LogP contribution is -2.36. The first-order chi connectivity index (χ1) is 17.6. The highest BCUT2D eigenvalue weighted by atomic mass is 32.1. The summed E-state index contributed by atoms with van der Waals surface area (Å²) in [7, 11) is 0. The van der Waals surface area contributed by atoms with Crippen LogP contribution in [0.15, 0.2) is 36.4 Å². The fourth-order valence-corrected chi connectivity index (χ4v) is 6.19. The number of imidazole rings is 1. The number of rotatable bonds is 5. The van der Waals surface area contributed by atoms with Gasteiger partial charge in [0.2, 0.25) is 11.9 Å². The van der Waals surface area contributed by atoms with Crippen molar-refractivity contribution in [3.8, 4) is 0 Å². The summed E-state index contributed by atoms with van der Waals surface area (Å²) >= 11 is 1.24. The van der Waals surface area contributed by atoms with Crippen molar-refractivity contribution in [1.82, 2.24) is 14.5 Å². The van der Waals surface area contributed by atoms with Crippen LogP contribution < -0.4 is 10.6 Å². The summed E-state index contributed by atoms with van der Waals surface area (Å²) in [6.45, 7) is 8.81. The second-order valence-electron chi connectivity index (χ2n) is 10.8. The molecule has 1 saturated carbocycles. The van der Waals surface area contributed by atoms with Gasteiger partial charge in [0, 0.05) is 25.6 Å². The largest absolute Gasteiger partial charge is 0.444 e. The Morgan fingerprint density at radius 2 is 1.76 bits per heavy atom. The van der Waals surface area contributed by atoms with Crippen LogP contribution in [0.4, 0.5) is 15.7 Å². The first-order valence-electron chi connectivity index (χ1n) is 12.8. The summed E-state index contributed by atoms with van der Waals surface area (Å²) < 4.78 is 7.73. The zero-order chi connectivity index (χ0) is 26.3. The van der Waals surface area contributed by atoms with Gasteiger partial charge in [-0.3, -0.25) is 14.9 Å². The highest BCUT2D eigenvalue weighted by molar-refractivity contribution is 7.18. The lowest BCUT2D eigenvalue weighted by atomic mass is 10.0. The number of anilines is 2. The third-order valence-corrected chi connectivity index (χ3v) is 7.98. The number of likely N-dealkylation sites (tertiary alicyclic amines) is 1. The molecule has 3 heterocycles. The number of thiophene rings is 1. The number of nitrogens with zero attached hydrogens (tertiary/aromatic N) is 3. The van der Waals surface area contributed by atoms with Gasteiger partial charge in [-0.15, -0.1) is 11.3 Å². The number of fused-ring (bicyclic) bond motifs is 2. The lowest BCUT2D eigenvalue weighted by molar-refractivity contribution is -0.115. The molecular weight excluding hydrogens is 490 g/mol. The third-order valence-electron chi connectivity index (χ3n) is 6.98. The molecule has 1 aromatic carbocycles. The van der Waals surface area contributed by atoms with E-state index < -0.39 is 5.60 Å². The summed E-state index contributed by atoms with van der Waals surface area (Å²) in [6.07, 6.45) is 1.94. The molecule has 1 aliphatic carbocycles. The lowest BCUT2D eigenvalue weighted by Gasteiger charge is -2.25. The highest BCUT2D eigenvalue weighted by Crippen LogP contribution is 2.46. The minimum Gasteiger partial charge on any atom is -0.444 e. The van der Waals surface area contributed by atoms with E-state index in [4.69, 9.17) is 9.72 Å². The highest BCUT2D eigenvalue weighted by Gasteiger charge is 2.44. The van der Waals surface area contributed by atoms with Crippen molar-refractivity contribution >= 4 is 51.2 Å². The van der Waals surface area contributed by atoms with Crippen LogP contribution >= 0.6 is 11.3 Å². The maximum absolute atomic E-state index is 13.1. The van der Waals surface area contributed by atoms with Crippen molar-refractivity contribution in [2.45, 2.75) is 58.6 Å². The van der Waals surface area contributed by atoms with Crippen LogP contribution in [0.2, 0.25) is 0 Å². The summed E-state index contributed by atoms with van der Waals surface area (Å²) in [5.41, 5.74) is 1.30.